The summed E-state index contributed by atoms with van der Waals surface area (Å²) in [5.74, 6) is 11.2. The van der Waals surface area contributed by atoms with Crippen molar-refractivity contribution in [3.8, 4) is 35.2 Å². The van der Waals surface area contributed by atoms with Gasteiger partial charge in [-0.05, 0) is 86.1 Å². The molecule has 0 saturated carbocycles. The van der Waals surface area contributed by atoms with Gasteiger partial charge in [0.25, 0.3) is 0 Å². The molecule has 2 aromatic rings. The van der Waals surface area contributed by atoms with Crippen molar-refractivity contribution >= 4 is 11.9 Å². The molecular weight excluding hydrogens is 408 g/mol. The second-order valence-electron chi connectivity index (χ2n) is 6.87. The average Bonchev–Trinajstić information content (AvgIpc) is 2.80. The summed E-state index contributed by atoms with van der Waals surface area (Å²) in [6, 6.07) is 12.7. The van der Waals surface area contributed by atoms with Crippen molar-refractivity contribution in [1.82, 2.24) is 0 Å². The first-order chi connectivity index (χ1) is 15.6. The molecule has 0 atom stereocenters. The van der Waals surface area contributed by atoms with Crippen LogP contribution in [0.15, 0.2) is 48.5 Å². The second-order valence-corrected chi connectivity index (χ2v) is 6.87. The van der Waals surface area contributed by atoms with Gasteiger partial charge in [-0.2, -0.15) is 0 Å². The van der Waals surface area contributed by atoms with Gasteiger partial charge in [0.15, 0.2) is 0 Å². The Bertz CT molecular complexity index is 902. The standard InChI is InChI=1S/C26H26O6/c27-25(28)21-11-15-23(16-12-21)31-19-9-7-5-3-1-2-4-6-8-10-20-32-24-17-13-22(14-18-24)26(29)30/h11-18H,5-10,19-20H2,(H,27,28)(H,29,30). The van der Waals surface area contributed by atoms with E-state index in [0.717, 1.165) is 38.5 Å². The minimum atomic E-state index is -0.950. The lowest BCUT2D eigenvalue weighted by Gasteiger charge is -2.05. The largest absolute Gasteiger partial charge is 0.494 e. The first kappa shape index (κ1) is 24.4. The summed E-state index contributed by atoms with van der Waals surface area (Å²) in [6.45, 7) is 1.12. The van der Waals surface area contributed by atoms with Crippen LogP contribution in [0.2, 0.25) is 0 Å². The number of aromatic carboxylic acids is 2. The van der Waals surface area contributed by atoms with Crippen LogP contribution in [-0.4, -0.2) is 35.4 Å². The molecule has 0 bridgehead atoms. The van der Waals surface area contributed by atoms with Crippen molar-refractivity contribution in [2.24, 2.45) is 0 Å². The lowest BCUT2D eigenvalue weighted by molar-refractivity contribution is 0.0686. The number of carbonyl (C=O) groups is 2. The number of carboxylic acid groups (broad SMARTS) is 2. The quantitative estimate of drug-likeness (QED) is 0.365. The van der Waals surface area contributed by atoms with Crippen LogP contribution in [0.25, 0.3) is 0 Å². The number of hydrogen-bond donors (Lipinski definition) is 2. The molecule has 6 heteroatoms. The van der Waals surface area contributed by atoms with Crippen molar-refractivity contribution < 1.29 is 29.3 Å². The molecule has 0 amide bonds. The summed E-state index contributed by atoms with van der Waals surface area (Å²) in [5.41, 5.74) is 0.485. The Kier molecular flexibility index (Phi) is 10.8. The van der Waals surface area contributed by atoms with E-state index >= 15 is 0 Å². The molecule has 0 radical (unpaired) electrons. The SMILES string of the molecule is O=C(O)c1ccc(OCCCCC#CC#CCCCCOc2ccc(C(=O)O)cc2)cc1. The molecule has 0 aliphatic carbocycles. The Balaban J connectivity index is 1.47. The van der Waals surface area contributed by atoms with Crippen LogP contribution >= 0.6 is 0 Å². The smallest absolute Gasteiger partial charge is 0.335 e. The van der Waals surface area contributed by atoms with Gasteiger partial charge in [0.1, 0.15) is 11.5 Å². The first-order valence-corrected chi connectivity index (χ1v) is 10.4. The topological polar surface area (TPSA) is 93.1 Å². The summed E-state index contributed by atoms with van der Waals surface area (Å²) < 4.78 is 11.1. The van der Waals surface area contributed by atoms with E-state index in [4.69, 9.17) is 19.7 Å². The van der Waals surface area contributed by atoms with Crippen LogP contribution < -0.4 is 9.47 Å². The van der Waals surface area contributed by atoms with Gasteiger partial charge in [0.05, 0.1) is 24.3 Å². The van der Waals surface area contributed by atoms with Crippen molar-refractivity contribution in [2.45, 2.75) is 38.5 Å². The summed E-state index contributed by atoms with van der Waals surface area (Å²) in [7, 11) is 0. The van der Waals surface area contributed by atoms with Crippen molar-refractivity contribution in [3.63, 3.8) is 0 Å². The fraction of sp³-hybridized carbons (Fsp3) is 0.308. The van der Waals surface area contributed by atoms with Gasteiger partial charge in [0.2, 0.25) is 0 Å². The predicted octanol–water partition coefficient (Wildman–Crippen LogP) is 4.89. The molecule has 2 N–H and O–H groups in total. The Labute approximate surface area is 188 Å². The fourth-order valence-electron chi connectivity index (χ4n) is 2.61. The molecule has 166 valence electrons. The van der Waals surface area contributed by atoms with Gasteiger partial charge in [-0.3, -0.25) is 0 Å². The van der Waals surface area contributed by atoms with E-state index in [-0.39, 0.29) is 11.1 Å². The lowest BCUT2D eigenvalue weighted by atomic mass is 10.2. The molecule has 6 nitrogen and oxygen atoms in total. The lowest BCUT2D eigenvalue weighted by Crippen LogP contribution is -1.99. The van der Waals surface area contributed by atoms with Crippen molar-refractivity contribution in [3.05, 3.63) is 59.7 Å². The zero-order valence-electron chi connectivity index (χ0n) is 17.8. The Hall–Kier alpha value is -3.90. The van der Waals surface area contributed by atoms with Crippen LogP contribution in [0.4, 0.5) is 0 Å². The first-order valence-electron chi connectivity index (χ1n) is 10.4. The maximum absolute atomic E-state index is 10.8. The Morgan fingerprint density at radius 2 is 1.00 bits per heavy atom. The molecule has 0 unspecified atom stereocenters. The predicted molar refractivity (Wildman–Crippen MR) is 121 cm³/mol. The molecule has 0 saturated heterocycles. The number of ether oxygens (including phenoxy) is 2. The van der Waals surface area contributed by atoms with Crippen molar-refractivity contribution in [1.29, 1.82) is 0 Å². The van der Waals surface area contributed by atoms with E-state index in [1.807, 2.05) is 0 Å². The number of hydrogen-bond acceptors (Lipinski definition) is 4. The van der Waals surface area contributed by atoms with E-state index in [0.29, 0.717) is 24.7 Å². The number of rotatable bonds is 12. The van der Waals surface area contributed by atoms with Crippen LogP contribution in [0.3, 0.4) is 0 Å². The highest BCUT2D eigenvalue weighted by Gasteiger charge is 2.02. The number of carboxylic acids is 2. The third kappa shape index (κ3) is 9.73. The van der Waals surface area contributed by atoms with Gasteiger partial charge in [-0.1, -0.05) is 11.8 Å². The highest BCUT2D eigenvalue weighted by molar-refractivity contribution is 5.88. The van der Waals surface area contributed by atoms with Gasteiger partial charge in [-0.15, -0.1) is 0 Å². The summed E-state index contributed by atoms with van der Waals surface area (Å²) in [4.78, 5) is 21.6. The molecule has 0 aromatic heterocycles. The molecule has 32 heavy (non-hydrogen) atoms. The molecule has 2 aromatic carbocycles. The Morgan fingerprint density at radius 3 is 1.34 bits per heavy atom. The minimum Gasteiger partial charge on any atom is -0.494 e. The molecule has 0 spiro atoms. The van der Waals surface area contributed by atoms with Crippen molar-refractivity contribution in [2.75, 3.05) is 13.2 Å². The second kappa shape index (κ2) is 14.2. The molecule has 0 aliphatic heterocycles. The van der Waals surface area contributed by atoms with Gasteiger partial charge < -0.3 is 19.7 Å². The van der Waals surface area contributed by atoms with E-state index in [2.05, 4.69) is 23.7 Å². The third-order valence-electron chi connectivity index (χ3n) is 4.37. The Morgan fingerprint density at radius 1 is 0.625 bits per heavy atom. The van der Waals surface area contributed by atoms with E-state index in [1.165, 1.54) is 24.3 Å². The zero-order chi connectivity index (χ0) is 23.0. The molecule has 0 aliphatic rings. The average molecular weight is 434 g/mol. The van der Waals surface area contributed by atoms with E-state index in [9.17, 15) is 9.59 Å². The summed E-state index contributed by atoms with van der Waals surface area (Å²) in [5, 5.41) is 17.7. The maximum atomic E-state index is 10.8. The maximum Gasteiger partial charge on any atom is 0.335 e. The van der Waals surface area contributed by atoms with E-state index < -0.39 is 11.9 Å². The third-order valence-corrected chi connectivity index (χ3v) is 4.37. The monoisotopic (exact) mass is 434 g/mol. The molecule has 0 heterocycles. The molecular formula is C26H26O6. The van der Waals surface area contributed by atoms with Crippen LogP contribution in [-0.2, 0) is 0 Å². The van der Waals surface area contributed by atoms with Gasteiger partial charge >= 0.3 is 11.9 Å². The number of unbranched alkanes of at least 4 members (excludes halogenated alkanes) is 4. The van der Waals surface area contributed by atoms with E-state index in [1.54, 1.807) is 24.3 Å². The summed E-state index contributed by atoms with van der Waals surface area (Å²) in [6.07, 6.45) is 5.05. The van der Waals surface area contributed by atoms with Crippen LogP contribution in [0.1, 0.15) is 59.2 Å². The summed E-state index contributed by atoms with van der Waals surface area (Å²) >= 11 is 0. The van der Waals surface area contributed by atoms with Crippen LogP contribution in [0.5, 0.6) is 11.5 Å². The highest BCUT2D eigenvalue weighted by atomic mass is 16.5. The molecule has 2 rings (SSSR count). The highest BCUT2D eigenvalue weighted by Crippen LogP contribution is 2.13. The molecule has 0 fully saturated rings. The van der Waals surface area contributed by atoms with Gasteiger partial charge in [-0.25, -0.2) is 9.59 Å². The zero-order valence-corrected chi connectivity index (χ0v) is 17.8. The normalized spacial score (nSPS) is 9.62. The fourth-order valence-corrected chi connectivity index (χ4v) is 2.61. The number of benzene rings is 2. The minimum absolute atomic E-state index is 0.242. The van der Waals surface area contributed by atoms with Crippen LogP contribution in [0, 0.1) is 23.7 Å². The van der Waals surface area contributed by atoms with Gasteiger partial charge in [0, 0.05) is 12.8 Å².